The van der Waals surface area contributed by atoms with Crippen molar-refractivity contribution in [2.75, 3.05) is 5.32 Å². The standard InChI is InChI=1S/C19H20N2O6/c1-3-17(27-14-9-5-4-6-10-14)19(23)26-13(2)18(22)20-15-11-7-8-12-16(15)21(24)25/h4-13,17H,3H2,1-2H3,(H,20,22)/t13-,17+/m1/s1. The maximum Gasteiger partial charge on any atom is 0.348 e. The normalized spacial score (nSPS) is 12.5. The van der Waals surface area contributed by atoms with Crippen molar-refractivity contribution >= 4 is 23.3 Å². The second-order valence-electron chi connectivity index (χ2n) is 5.67. The number of amides is 1. The number of carbonyl (C=O) groups excluding carboxylic acids is 2. The number of nitro benzene ring substituents is 1. The first-order valence-electron chi connectivity index (χ1n) is 8.38. The predicted molar refractivity (Wildman–Crippen MR) is 98.4 cm³/mol. The fraction of sp³-hybridized carbons (Fsp3) is 0.263. The number of hydrogen-bond donors (Lipinski definition) is 1. The van der Waals surface area contributed by atoms with Gasteiger partial charge in [0.05, 0.1) is 4.92 Å². The summed E-state index contributed by atoms with van der Waals surface area (Å²) in [6.45, 7) is 3.14. The molecule has 2 aromatic carbocycles. The van der Waals surface area contributed by atoms with E-state index in [2.05, 4.69) is 5.32 Å². The molecule has 0 fully saturated rings. The maximum atomic E-state index is 12.3. The maximum absolute atomic E-state index is 12.3. The zero-order valence-corrected chi connectivity index (χ0v) is 15.0. The molecule has 0 aromatic heterocycles. The van der Waals surface area contributed by atoms with Crippen molar-refractivity contribution in [2.24, 2.45) is 0 Å². The van der Waals surface area contributed by atoms with Gasteiger partial charge < -0.3 is 14.8 Å². The zero-order valence-electron chi connectivity index (χ0n) is 15.0. The third-order valence-electron chi connectivity index (χ3n) is 3.68. The molecule has 0 aliphatic heterocycles. The highest BCUT2D eigenvalue weighted by Gasteiger charge is 2.26. The molecule has 0 heterocycles. The Balaban J connectivity index is 1.98. The van der Waals surface area contributed by atoms with E-state index in [-0.39, 0.29) is 11.4 Å². The van der Waals surface area contributed by atoms with E-state index in [9.17, 15) is 19.7 Å². The molecule has 2 aromatic rings. The molecule has 0 unspecified atom stereocenters. The molecular weight excluding hydrogens is 352 g/mol. The molecule has 0 bridgehead atoms. The van der Waals surface area contributed by atoms with Crippen LogP contribution in [0.1, 0.15) is 20.3 Å². The van der Waals surface area contributed by atoms with Crippen LogP contribution in [0.5, 0.6) is 5.75 Å². The number of rotatable bonds is 8. The number of hydrogen-bond acceptors (Lipinski definition) is 6. The van der Waals surface area contributed by atoms with E-state index in [1.165, 1.54) is 25.1 Å². The van der Waals surface area contributed by atoms with Crippen molar-refractivity contribution in [2.45, 2.75) is 32.5 Å². The van der Waals surface area contributed by atoms with Crippen molar-refractivity contribution in [3.05, 3.63) is 64.7 Å². The molecule has 0 spiro atoms. The smallest absolute Gasteiger partial charge is 0.348 e. The lowest BCUT2D eigenvalue weighted by Gasteiger charge is -2.19. The number of nitro groups is 1. The van der Waals surface area contributed by atoms with Crippen molar-refractivity contribution in [3.8, 4) is 5.75 Å². The fourth-order valence-electron chi connectivity index (χ4n) is 2.24. The molecule has 0 aliphatic carbocycles. The quantitative estimate of drug-likeness (QED) is 0.433. The summed E-state index contributed by atoms with van der Waals surface area (Å²) in [7, 11) is 0. The van der Waals surface area contributed by atoms with E-state index in [1.807, 2.05) is 6.07 Å². The fourth-order valence-corrected chi connectivity index (χ4v) is 2.24. The Morgan fingerprint density at radius 1 is 1.11 bits per heavy atom. The largest absolute Gasteiger partial charge is 0.479 e. The Labute approximate surface area is 156 Å². The summed E-state index contributed by atoms with van der Waals surface area (Å²) in [5.74, 6) is -0.850. The molecule has 8 heteroatoms. The van der Waals surface area contributed by atoms with Gasteiger partial charge in [-0.15, -0.1) is 0 Å². The van der Waals surface area contributed by atoms with Crippen molar-refractivity contribution in [1.29, 1.82) is 0 Å². The van der Waals surface area contributed by atoms with Crippen molar-refractivity contribution < 1.29 is 24.0 Å². The minimum Gasteiger partial charge on any atom is -0.479 e. The van der Waals surface area contributed by atoms with Crippen LogP contribution in [0.3, 0.4) is 0 Å². The van der Waals surface area contributed by atoms with E-state index in [0.29, 0.717) is 12.2 Å². The predicted octanol–water partition coefficient (Wildman–Crippen LogP) is 3.32. The summed E-state index contributed by atoms with van der Waals surface area (Å²) in [5, 5.41) is 13.4. The number of carbonyl (C=O) groups is 2. The third-order valence-corrected chi connectivity index (χ3v) is 3.68. The Morgan fingerprint density at radius 3 is 2.37 bits per heavy atom. The van der Waals surface area contributed by atoms with Crippen LogP contribution in [0, 0.1) is 10.1 Å². The summed E-state index contributed by atoms with van der Waals surface area (Å²) >= 11 is 0. The lowest BCUT2D eigenvalue weighted by Crippen LogP contribution is -2.36. The average Bonchev–Trinajstić information content (AvgIpc) is 2.66. The highest BCUT2D eigenvalue weighted by molar-refractivity contribution is 5.97. The van der Waals surface area contributed by atoms with E-state index in [1.54, 1.807) is 37.3 Å². The van der Waals surface area contributed by atoms with Gasteiger partial charge in [-0.05, 0) is 31.5 Å². The van der Waals surface area contributed by atoms with Crippen molar-refractivity contribution in [1.82, 2.24) is 0 Å². The van der Waals surface area contributed by atoms with Gasteiger partial charge in [-0.2, -0.15) is 0 Å². The Hall–Kier alpha value is -3.42. The molecule has 27 heavy (non-hydrogen) atoms. The first-order chi connectivity index (χ1) is 12.9. The van der Waals surface area contributed by atoms with E-state index in [0.717, 1.165) is 0 Å². The summed E-state index contributed by atoms with van der Waals surface area (Å²) in [6, 6.07) is 14.5. The highest BCUT2D eigenvalue weighted by atomic mass is 16.6. The summed E-state index contributed by atoms with van der Waals surface area (Å²) in [6.07, 6.45) is -1.66. The summed E-state index contributed by atoms with van der Waals surface area (Å²) < 4.78 is 10.7. The van der Waals surface area contributed by atoms with Gasteiger partial charge in [-0.1, -0.05) is 37.3 Å². The molecule has 0 radical (unpaired) electrons. The molecule has 8 nitrogen and oxygen atoms in total. The molecule has 0 aliphatic rings. The zero-order chi connectivity index (χ0) is 19.8. The van der Waals surface area contributed by atoms with Crippen LogP contribution in [0.15, 0.2) is 54.6 Å². The molecule has 1 amide bonds. The highest BCUT2D eigenvalue weighted by Crippen LogP contribution is 2.23. The Morgan fingerprint density at radius 2 is 1.74 bits per heavy atom. The Bertz CT molecular complexity index is 809. The van der Waals surface area contributed by atoms with Crippen LogP contribution in [0.25, 0.3) is 0 Å². The van der Waals surface area contributed by atoms with E-state index < -0.39 is 29.0 Å². The molecule has 0 saturated carbocycles. The van der Waals surface area contributed by atoms with Crippen LogP contribution in [-0.4, -0.2) is 29.0 Å². The first kappa shape index (κ1) is 19.9. The van der Waals surface area contributed by atoms with Gasteiger partial charge in [0.15, 0.2) is 12.2 Å². The average molecular weight is 372 g/mol. The molecule has 0 saturated heterocycles. The van der Waals surface area contributed by atoms with Gasteiger partial charge in [-0.3, -0.25) is 14.9 Å². The number of nitrogens with one attached hydrogen (secondary N) is 1. The van der Waals surface area contributed by atoms with Crippen LogP contribution < -0.4 is 10.1 Å². The van der Waals surface area contributed by atoms with Crippen LogP contribution in [0.2, 0.25) is 0 Å². The molecular formula is C19H20N2O6. The van der Waals surface area contributed by atoms with Gasteiger partial charge in [-0.25, -0.2) is 4.79 Å². The van der Waals surface area contributed by atoms with E-state index >= 15 is 0 Å². The minimum absolute atomic E-state index is 0.0305. The van der Waals surface area contributed by atoms with Crippen LogP contribution in [-0.2, 0) is 14.3 Å². The number of para-hydroxylation sites is 3. The van der Waals surface area contributed by atoms with Crippen LogP contribution >= 0.6 is 0 Å². The molecule has 1 N–H and O–H groups in total. The van der Waals surface area contributed by atoms with Gasteiger partial charge in [0.2, 0.25) is 0 Å². The summed E-state index contributed by atoms with van der Waals surface area (Å²) in [5.41, 5.74) is -0.216. The molecule has 2 atom stereocenters. The molecule has 2 rings (SSSR count). The number of benzene rings is 2. The third kappa shape index (κ3) is 5.53. The topological polar surface area (TPSA) is 108 Å². The lowest BCUT2D eigenvalue weighted by atomic mass is 10.2. The monoisotopic (exact) mass is 372 g/mol. The minimum atomic E-state index is -1.15. The second kappa shape index (κ2) is 9.33. The molecule has 142 valence electrons. The van der Waals surface area contributed by atoms with Gasteiger partial charge in [0, 0.05) is 6.07 Å². The lowest BCUT2D eigenvalue weighted by molar-refractivity contribution is -0.383. The number of esters is 1. The van der Waals surface area contributed by atoms with E-state index in [4.69, 9.17) is 9.47 Å². The van der Waals surface area contributed by atoms with Gasteiger partial charge >= 0.3 is 5.97 Å². The summed E-state index contributed by atoms with van der Waals surface area (Å²) in [4.78, 5) is 34.9. The van der Waals surface area contributed by atoms with Crippen molar-refractivity contribution in [3.63, 3.8) is 0 Å². The van der Waals surface area contributed by atoms with Crippen LogP contribution in [0.4, 0.5) is 11.4 Å². The number of anilines is 1. The first-order valence-corrected chi connectivity index (χ1v) is 8.38. The number of ether oxygens (including phenoxy) is 2. The second-order valence-corrected chi connectivity index (χ2v) is 5.67. The van der Waals surface area contributed by atoms with Gasteiger partial charge in [0.25, 0.3) is 11.6 Å². The SMILES string of the molecule is CC[C@H](Oc1ccccc1)C(=O)O[C@H](C)C(=O)Nc1ccccc1[N+](=O)[O-]. The number of nitrogens with zero attached hydrogens (tertiary/aromatic N) is 1. The van der Waals surface area contributed by atoms with Gasteiger partial charge in [0.1, 0.15) is 11.4 Å². The Kier molecular flexibility index (Phi) is 6.87.